The molecule has 2 aliphatic rings. The molecular formula is C25H17F2N3O2. The van der Waals surface area contributed by atoms with Crippen molar-refractivity contribution in [2.75, 3.05) is 0 Å². The number of aromatic nitrogens is 2. The lowest BCUT2D eigenvalue weighted by atomic mass is 9.78. The molecule has 2 N–H and O–H groups in total. The Morgan fingerprint density at radius 3 is 2.44 bits per heavy atom. The number of imide groups is 1. The first-order valence-corrected chi connectivity index (χ1v) is 10.5. The van der Waals surface area contributed by atoms with E-state index in [1.807, 2.05) is 0 Å². The number of benzene rings is 3. The third-order valence-corrected chi connectivity index (χ3v) is 7.24. The smallest absolute Gasteiger partial charge is 0.259 e. The van der Waals surface area contributed by atoms with Crippen LogP contribution >= 0.6 is 0 Å². The number of H-pyrrole nitrogens is 1. The van der Waals surface area contributed by atoms with Gasteiger partial charge in [0.2, 0.25) is 0 Å². The van der Waals surface area contributed by atoms with Crippen LogP contribution in [0.2, 0.25) is 0 Å². The number of amides is 2. The van der Waals surface area contributed by atoms with E-state index in [0.29, 0.717) is 39.1 Å². The molecule has 0 fully saturated rings. The molecule has 0 bridgehead atoms. The number of halogens is 2. The summed E-state index contributed by atoms with van der Waals surface area (Å²) in [6.07, 6.45) is 0.793. The van der Waals surface area contributed by atoms with Gasteiger partial charge in [-0.3, -0.25) is 14.9 Å². The van der Waals surface area contributed by atoms with Gasteiger partial charge in [0.05, 0.1) is 27.7 Å². The molecule has 0 aliphatic carbocycles. The van der Waals surface area contributed by atoms with Gasteiger partial charge in [-0.15, -0.1) is 0 Å². The first-order valence-electron chi connectivity index (χ1n) is 10.5. The zero-order valence-electron chi connectivity index (χ0n) is 17.3. The summed E-state index contributed by atoms with van der Waals surface area (Å²) in [5.74, 6) is -1.75. The largest absolute Gasteiger partial charge is 0.353 e. The van der Waals surface area contributed by atoms with E-state index in [0.717, 1.165) is 23.0 Å². The lowest BCUT2D eigenvalue weighted by molar-refractivity contribution is 0.0880. The van der Waals surface area contributed by atoms with Gasteiger partial charge in [0.25, 0.3) is 11.8 Å². The van der Waals surface area contributed by atoms with Crippen LogP contribution in [0.1, 0.15) is 46.5 Å². The number of carbonyl (C=O) groups is 2. The molecule has 0 saturated heterocycles. The van der Waals surface area contributed by atoms with Crippen LogP contribution in [0.15, 0.2) is 30.3 Å². The van der Waals surface area contributed by atoms with E-state index in [2.05, 4.69) is 28.7 Å². The van der Waals surface area contributed by atoms with Crippen LogP contribution in [0.5, 0.6) is 0 Å². The predicted octanol–water partition coefficient (Wildman–Crippen LogP) is 5.27. The number of aryl methyl sites for hydroxylation is 1. The van der Waals surface area contributed by atoms with Gasteiger partial charge in [-0.05, 0) is 47.7 Å². The molecule has 4 heterocycles. The van der Waals surface area contributed by atoms with Crippen LogP contribution < -0.4 is 5.32 Å². The lowest BCUT2D eigenvalue weighted by Gasteiger charge is -2.32. The second-order valence-electron chi connectivity index (χ2n) is 9.46. The van der Waals surface area contributed by atoms with Gasteiger partial charge in [-0.2, -0.15) is 0 Å². The van der Waals surface area contributed by atoms with Crippen LogP contribution in [0.3, 0.4) is 0 Å². The van der Waals surface area contributed by atoms with Crippen molar-refractivity contribution in [2.24, 2.45) is 0 Å². The summed E-state index contributed by atoms with van der Waals surface area (Å²) in [7, 11) is 0. The average Bonchev–Trinajstić information content (AvgIpc) is 3.34. The van der Waals surface area contributed by atoms with Crippen LogP contribution in [0.25, 0.3) is 43.6 Å². The Labute approximate surface area is 180 Å². The highest BCUT2D eigenvalue weighted by Gasteiger charge is 2.38. The van der Waals surface area contributed by atoms with Crippen molar-refractivity contribution in [3.8, 4) is 0 Å². The molecule has 158 valence electrons. The fourth-order valence-corrected chi connectivity index (χ4v) is 5.77. The zero-order chi connectivity index (χ0) is 22.1. The molecule has 2 amide bonds. The number of hydrogen-bond donors (Lipinski definition) is 2. The van der Waals surface area contributed by atoms with Gasteiger partial charge in [-0.1, -0.05) is 13.8 Å². The second kappa shape index (κ2) is 5.35. The molecule has 0 spiro atoms. The summed E-state index contributed by atoms with van der Waals surface area (Å²) in [5, 5.41) is 4.87. The van der Waals surface area contributed by atoms with E-state index in [4.69, 9.17) is 0 Å². The van der Waals surface area contributed by atoms with Gasteiger partial charge in [0, 0.05) is 33.6 Å². The third-order valence-electron chi connectivity index (χ3n) is 7.24. The Hall–Kier alpha value is -3.74. The van der Waals surface area contributed by atoms with Crippen molar-refractivity contribution in [1.29, 1.82) is 0 Å². The van der Waals surface area contributed by atoms with E-state index >= 15 is 0 Å². The maximum atomic E-state index is 14.8. The molecule has 5 aromatic rings. The molecule has 0 radical (unpaired) electrons. The van der Waals surface area contributed by atoms with E-state index in [1.54, 1.807) is 12.1 Å². The van der Waals surface area contributed by atoms with Crippen LogP contribution in [-0.4, -0.2) is 21.4 Å². The van der Waals surface area contributed by atoms with Crippen molar-refractivity contribution >= 4 is 55.4 Å². The van der Waals surface area contributed by atoms with Crippen LogP contribution in [0, 0.1) is 11.6 Å². The first-order chi connectivity index (χ1) is 15.3. The molecule has 0 saturated carbocycles. The van der Waals surface area contributed by atoms with Gasteiger partial charge in [-0.25, -0.2) is 8.78 Å². The molecule has 3 aromatic carbocycles. The Bertz CT molecular complexity index is 1740. The Morgan fingerprint density at radius 2 is 1.66 bits per heavy atom. The summed E-state index contributed by atoms with van der Waals surface area (Å²) in [6, 6.07) is 7.37. The summed E-state index contributed by atoms with van der Waals surface area (Å²) in [4.78, 5) is 29.2. The number of nitrogens with one attached hydrogen (secondary N) is 2. The molecule has 32 heavy (non-hydrogen) atoms. The molecular weight excluding hydrogens is 412 g/mol. The maximum absolute atomic E-state index is 14.8. The SMILES string of the molecule is CC1(C)CCn2c3c1cc(F)cc3c1c3c(c4c5ccc(F)cc5[nH]c4c12)C(=O)NC3=O. The number of hydrogen-bond acceptors (Lipinski definition) is 2. The van der Waals surface area contributed by atoms with E-state index in [9.17, 15) is 18.4 Å². The second-order valence-corrected chi connectivity index (χ2v) is 9.46. The van der Waals surface area contributed by atoms with Crippen molar-refractivity contribution in [2.45, 2.75) is 32.2 Å². The summed E-state index contributed by atoms with van der Waals surface area (Å²) in [6.45, 7) is 4.85. The first kappa shape index (κ1) is 17.9. The lowest BCUT2D eigenvalue weighted by Crippen LogP contribution is -2.25. The minimum absolute atomic E-state index is 0.241. The highest BCUT2D eigenvalue weighted by Crippen LogP contribution is 2.48. The number of rotatable bonds is 0. The van der Waals surface area contributed by atoms with Crippen LogP contribution in [0.4, 0.5) is 8.78 Å². The van der Waals surface area contributed by atoms with Gasteiger partial charge < -0.3 is 9.55 Å². The monoisotopic (exact) mass is 429 g/mol. The Kier molecular flexibility index (Phi) is 2.99. The van der Waals surface area contributed by atoms with E-state index in [-0.39, 0.29) is 22.4 Å². The number of fused-ring (bicyclic) bond motifs is 10. The quantitative estimate of drug-likeness (QED) is 0.329. The number of aromatic amines is 1. The number of nitrogens with zero attached hydrogens (tertiary/aromatic N) is 1. The molecule has 7 heteroatoms. The summed E-state index contributed by atoms with van der Waals surface area (Å²) < 4.78 is 30.9. The minimum Gasteiger partial charge on any atom is -0.353 e. The van der Waals surface area contributed by atoms with Crippen molar-refractivity contribution < 1.29 is 18.4 Å². The Balaban J connectivity index is 1.86. The maximum Gasteiger partial charge on any atom is 0.259 e. The Morgan fingerprint density at radius 1 is 0.906 bits per heavy atom. The molecule has 0 unspecified atom stereocenters. The van der Waals surface area contributed by atoms with Gasteiger partial charge in [0.15, 0.2) is 0 Å². The third kappa shape index (κ3) is 1.93. The molecule has 7 rings (SSSR count). The number of carbonyl (C=O) groups excluding carboxylic acids is 2. The highest BCUT2D eigenvalue weighted by molar-refractivity contribution is 6.39. The minimum atomic E-state index is -0.491. The summed E-state index contributed by atoms with van der Waals surface area (Å²) >= 11 is 0. The van der Waals surface area contributed by atoms with E-state index < -0.39 is 17.6 Å². The molecule has 5 nitrogen and oxygen atoms in total. The van der Waals surface area contributed by atoms with Gasteiger partial charge in [0.1, 0.15) is 11.6 Å². The average molecular weight is 429 g/mol. The van der Waals surface area contributed by atoms with Crippen molar-refractivity contribution in [3.05, 3.63) is 58.7 Å². The fourth-order valence-electron chi connectivity index (χ4n) is 5.77. The highest BCUT2D eigenvalue weighted by atomic mass is 19.1. The molecule has 2 aromatic heterocycles. The van der Waals surface area contributed by atoms with Crippen molar-refractivity contribution in [3.63, 3.8) is 0 Å². The van der Waals surface area contributed by atoms with Gasteiger partial charge >= 0.3 is 0 Å². The molecule has 0 atom stereocenters. The fraction of sp³-hybridized carbons (Fsp3) is 0.200. The van der Waals surface area contributed by atoms with Crippen molar-refractivity contribution in [1.82, 2.24) is 14.9 Å². The standard InChI is InChI=1S/C25H17F2N3O2/c1-25(2)5-6-30-21-13(7-11(27)8-14(21)25)17-19-18(23(31)29-24(19)32)16-12-4-3-10(26)9-15(12)28-20(16)22(17)30/h3-4,7-9,28H,5-6H2,1-2H3,(H,29,31,32). The topological polar surface area (TPSA) is 66.9 Å². The predicted molar refractivity (Wildman–Crippen MR) is 118 cm³/mol. The summed E-state index contributed by atoms with van der Waals surface area (Å²) in [5.41, 5.74) is 4.00. The molecule has 2 aliphatic heterocycles. The normalized spacial score (nSPS) is 17.1. The van der Waals surface area contributed by atoms with Crippen LogP contribution in [-0.2, 0) is 12.0 Å². The zero-order valence-corrected chi connectivity index (χ0v) is 17.3. The van der Waals surface area contributed by atoms with E-state index in [1.165, 1.54) is 18.2 Å².